The third kappa shape index (κ3) is 4.02. The van der Waals surface area contributed by atoms with E-state index in [2.05, 4.69) is 67.1 Å². The number of anilines is 1. The van der Waals surface area contributed by atoms with Crippen molar-refractivity contribution in [3.8, 4) is 0 Å². The third-order valence-electron chi connectivity index (χ3n) is 5.09. The number of benzene rings is 1. The Morgan fingerprint density at radius 1 is 1.05 bits per heavy atom. The number of nitrogens with one attached hydrogen (secondary N) is 1. The zero-order valence-electron chi connectivity index (χ0n) is 14.8. The number of hydrogen-bond acceptors (Lipinski definition) is 3. The quantitative estimate of drug-likeness (QED) is 0.831. The Labute approximate surface area is 136 Å². The van der Waals surface area contributed by atoms with Crippen LogP contribution in [0.4, 0.5) is 5.69 Å². The van der Waals surface area contributed by atoms with Crippen LogP contribution in [0.3, 0.4) is 0 Å². The van der Waals surface area contributed by atoms with Gasteiger partial charge in [0.15, 0.2) is 0 Å². The molecule has 0 saturated carbocycles. The van der Waals surface area contributed by atoms with Gasteiger partial charge in [0, 0.05) is 51.0 Å². The minimum absolute atomic E-state index is 0.554. The van der Waals surface area contributed by atoms with Gasteiger partial charge in [-0.25, -0.2) is 0 Å². The van der Waals surface area contributed by atoms with Crippen molar-refractivity contribution in [3.05, 3.63) is 29.8 Å². The van der Waals surface area contributed by atoms with Crippen molar-refractivity contribution in [3.63, 3.8) is 0 Å². The highest BCUT2D eigenvalue weighted by molar-refractivity contribution is 5.47. The summed E-state index contributed by atoms with van der Waals surface area (Å²) < 4.78 is 0. The van der Waals surface area contributed by atoms with Gasteiger partial charge in [-0.15, -0.1) is 0 Å². The fourth-order valence-electron chi connectivity index (χ4n) is 3.55. The minimum Gasteiger partial charge on any atom is -0.372 e. The highest BCUT2D eigenvalue weighted by atomic mass is 15.2. The van der Waals surface area contributed by atoms with Gasteiger partial charge in [-0.05, 0) is 37.5 Å². The summed E-state index contributed by atoms with van der Waals surface area (Å²) >= 11 is 0. The Hall–Kier alpha value is -1.06. The molecule has 1 saturated heterocycles. The molecule has 1 unspecified atom stereocenters. The summed E-state index contributed by atoms with van der Waals surface area (Å²) in [6.07, 6.45) is 1.23. The van der Waals surface area contributed by atoms with E-state index >= 15 is 0 Å². The average molecular weight is 303 g/mol. The Bertz CT molecular complexity index is 419. The Kier molecular flexibility index (Phi) is 6.71. The number of rotatable bonds is 7. The Morgan fingerprint density at radius 3 is 2.14 bits per heavy atom. The molecule has 1 fully saturated rings. The maximum atomic E-state index is 3.47. The molecule has 0 amide bonds. The standard InChI is InChI=1S/C19H33N3/c1-5-16(4)19(22-14-12-20-13-15-22)17-8-10-18(11-9-17)21(6-2)7-3/h8-11,16,19-20H,5-7,12-15H2,1-4H3/t16?,19-/m0/s1. The van der Waals surface area contributed by atoms with Crippen LogP contribution in [-0.4, -0.2) is 44.2 Å². The summed E-state index contributed by atoms with van der Waals surface area (Å²) in [6, 6.07) is 9.87. The second kappa shape index (κ2) is 8.54. The van der Waals surface area contributed by atoms with E-state index in [0.717, 1.165) is 39.3 Å². The van der Waals surface area contributed by atoms with Crippen LogP contribution in [0.25, 0.3) is 0 Å². The van der Waals surface area contributed by atoms with E-state index in [1.165, 1.54) is 17.7 Å². The van der Waals surface area contributed by atoms with Crippen LogP contribution >= 0.6 is 0 Å². The summed E-state index contributed by atoms with van der Waals surface area (Å²) in [7, 11) is 0. The molecular formula is C19H33N3. The number of nitrogens with zero attached hydrogens (tertiary/aromatic N) is 2. The molecule has 3 nitrogen and oxygen atoms in total. The number of piperazine rings is 1. The van der Waals surface area contributed by atoms with Crippen LogP contribution in [-0.2, 0) is 0 Å². The van der Waals surface area contributed by atoms with Gasteiger partial charge in [0.05, 0.1) is 0 Å². The van der Waals surface area contributed by atoms with Gasteiger partial charge >= 0.3 is 0 Å². The van der Waals surface area contributed by atoms with Crippen LogP contribution in [0, 0.1) is 5.92 Å². The first-order chi connectivity index (χ1) is 10.7. The fraction of sp³-hybridized carbons (Fsp3) is 0.684. The van der Waals surface area contributed by atoms with Gasteiger partial charge < -0.3 is 10.2 Å². The van der Waals surface area contributed by atoms with Crippen LogP contribution in [0.15, 0.2) is 24.3 Å². The summed E-state index contributed by atoms with van der Waals surface area (Å²) in [4.78, 5) is 5.07. The van der Waals surface area contributed by atoms with Gasteiger partial charge in [-0.3, -0.25) is 4.90 Å². The van der Waals surface area contributed by atoms with E-state index in [9.17, 15) is 0 Å². The molecule has 0 aromatic heterocycles. The van der Waals surface area contributed by atoms with Crippen molar-refractivity contribution in [2.24, 2.45) is 5.92 Å². The minimum atomic E-state index is 0.554. The number of hydrogen-bond donors (Lipinski definition) is 1. The van der Waals surface area contributed by atoms with Gasteiger partial charge in [0.1, 0.15) is 0 Å². The predicted octanol–water partition coefficient (Wildman–Crippen LogP) is 3.53. The van der Waals surface area contributed by atoms with Crippen molar-refractivity contribution in [2.75, 3.05) is 44.2 Å². The van der Waals surface area contributed by atoms with E-state index in [-0.39, 0.29) is 0 Å². The lowest BCUT2D eigenvalue weighted by Gasteiger charge is -2.38. The van der Waals surface area contributed by atoms with Crippen molar-refractivity contribution in [1.29, 1.82) is 0 Å². The molecule has 1 heterocycles. The van der Waals surface area contributed by atoms with Crippen molar-refractivity contribution in [1.82, 2.24) is 10.2 Å². The van der Waals surface area contributed by atoms with Crippen LogP contribution < -0.4 is 10.2 Å². The molecule has 1 aromatic rings. The summed E-state index contributed by atoms with van der Waals surface area (Å²) in [5, 5.41) is 3.47. The lowest BCUT2D eigenvalue weighted by molar-refractivity contribution is 0.128. The molecule has 2 rings (SSSR count). The maximum Gasteiger partial charge on any atom is 0.0374 e. The molecule has 0 bridgehead atoms. The Morgan fingerprint density at radius 2 is 1.64 bits per heavy atom. The molecule has 0 spiro atoms. The summed E-state index contributed by atoms with van der Waals surface area (Å²) in [5.41, 5.74) is 2.82. The van der Waals surface area contributed by atoms with Crippen molar-refractivity contribution >= 4 is 5.69 Å². The lowest BCUT2D eigenvalue weighted by atomic mass is 9.90. The van der Waals surface area contributed by atoms with E-state index in [0.29, 0.717) is 12.0 Å². The second-order valence-electron chi connectivity index (χ2n) is 6.38. The van der Waals surface area contributed by atoms with E-state index in [1.54, 1.807) is 0 Å². The highest BCUT2D eigenvalue weighted by Gasteiger charge is 2.26. The molecule has 1 aliphatic heterocycles. The van der Waals surface area contributed by atoms with Crippen molar-refractivity contribution < 1.29 is 0 Å². The summed E-state index contributed by atoms with van der Waals surface area (Å²) in [5.74, 6) is 0.692. The molecule has 3 heteroatoms. The van der Waals surface area contributed by atoms with Gasteiger partial charge in [0.2, 0.25) is 0 Å². The van der Waals surface area contributed by atoms with E-state index in [1.807, 2.05) is 0 Å². The Balaban J connectivity index is 2.19. The largest absolute Gasteiger partial charge is 0.372 e. The SMILES string of the molecule is CCC(C)[C@@H](c1ccc(N(CC)CC)cc1)N1CCNCC1. The molecule has 22 heavy (non-hydrogen) atoms. The van der Waals surface area contributed by atoms with Crippen molar-refractivity contribution in [2.45, 2.75) is 40.2 Å². The van der Waals surface area contributed by atoms with Crippen LogP contribution in [0.2, 0.25) is 0 Å². The maximum absolute atomic E-state index is 3.47. The van der Waals surface area contributed by atoms with Gasteiger partial charge in [-0.1, -0.05) is 32.4 Å². The first-order valence-corrected chi connectivity index (χ1v) is 9.00. The van der Waals surface area contributed by atoms with Crippen LogP contribution in [0.1, 0.15) is 45.7 Å². The molecule has 1 aliphatic rings. The average Bonchev–Trinajstić information content (AvgIpc) is 2.58. The molecule has 124 valence electrons. The first-order valence-electron chi connectivity index (χ1n) is 9.00. The van der Waals surface area contributed by atoms with E-state index in [4.69, 9.17) is 0 Å². The molecule has 1 N–H and O–H groups in total. The van der Waals surface area contributed by atoms with Gasteiger partial charge in [-0.2, -0.15) is 0 Å². The lowest BCUT2D eigenvalue weighted by Crippen LogP contribution is -2.46. The normalized spacial score (nSPS) is 18.9. The zero-order chi connectivity index (χ0) is 15.9. The highest BCUT2D eigenvalue weighted by Crippen LogP contribution is 2.32. The van der Waals surface area contributed by atoms with E-state index < -0.39 is 0 Å². The monoisotopic (exact) mass is 303 g/mol. The molecule has 2 atom stereocenters. The smallest absolute Gasteiger partial charge is 0.0374 e. The van der Waals surface area contributed by atoms with Gasteiger partial charge in [0.25, 0.3) is 0 Å². The third-order valence-corrected chi connectivity index (χ3v) is 5.09. The summed E-state index contributed by atoms with van der Waals surface area (Å²) in [6.45, 7) is 15.8. The topological polar surface area (TPSA) is 18.5 Å². The molecule has 1 aromatic carbocycles. The van der Waals surface area contributed by atoms with Crippen LogP contribution in [0.5, 0.6) is 0 Å². The molecule has 0 aliphatic carbocycles. The second-order valence-corrected chi connectivity index (χ2v) is 6.38. The predicted molar refractivity (Wildman–Crippen MR) is 96.6 cm³/mol. The first kappa shape index (κ1) is 17.3. The fourth-order valence-corrected chi connectivity index (χ4v) is 3.55. The zero-order valence-corrected chi connectivity index (χ0v) is 14.8. The molecular weight excluding hydrogens is 270 g/mol. The molecule has 0 radical (unpaired) electrons.